The molecule has 0 aliphatic carbocycles. The van der Waals surface area contributed by atoms with Crippen LogP contribution in [0.1, 0.15) is 12.6 Å². The van der Waals surface area contributed by atoms with Crippen molar-refractivity contribution in [2.45, 2.75) is 20.0 Å². The lowest BCUT2D eigenvalue weighted by atomic mass is 10.4. The molecule has 0 spiro atoms. The van der Waals surface area contributed by atoms with Crippen LogP contribution in [0.5, 0.6) is 0 Å². The normalized spacial score (nSPS) is 12.2. The number of hydrogen-bond donors (Lipinski definition) is 3. The molecule has 1 heterocycles. The number of aliphatic hydroxyl groups is 1. The Morgan fingerprint density at radius 2 is 2.50 bits per heavy atom. The summed E-state index contributed by atoms with van der Waals surface area (Å²) >= 11 is 1.37. The van der Waals surface area contributed by atoms with Gasteiger partial charge >= 0.3 is 6.03 Å². The fourth-order valence-corrected chi connectivity index (χ4v) is 1.48. The van der Waals surface area contributed by atoms with Gasteiger partial charge < -0.3 is 10.4 Å². The Bertz CT molecular complexity index is 311. The molecule has 0 saturated carbocycles. The van der Waals surface area contributed by atoms with E-state index < -0.39 is 6.10 Å². The number of aromatic nitrogens is 1. The number of carbonyl (C=O) groups excluding carboxylic acids is 1. The summed E-state index contributed by atoms with van der Waals surface area (Å²) in [7, 11) is 0. The molecule has 14 heavy (non-hydrogen) atoms. The quantitative estimate of drug-likeness (QED) is 0.703. The smallest absolute Gasteiger partial charge is 0.321 e. The highest BCUT2D eigenvalue weighted by atomic mass is 32.1. The van der Waals surface area contributed by atoms with Gasteiger partial charge in [-0.05, 0) is 13.8 Å². The minimum absolute atomic E-state index is 0.232. The van der Waals surface area contributed by atoms with E-state index in [1.807, 2.05) is 12.3 Å². The summed E-state index contributed by atoms with van der Waals surface area (Å²) in [5, 5.41) is 16.4. The largest absolute Gasteiger partial charge is 0.392 e. The molecule has 1 aromatic rings. The van der Waals surface area contributed by atoms with Crippen LogP contribution in [0, 0.1) is 6.92 Å². The lowest BCUT2D eigenvalue weighted by molar-refractivity contribution is 0.190. The van der Waals surface area contributed by atoms with Gasteiger partial charge in [0.05, 0.1) is 11.8 Å². The van der Waals surface area contributed by atoms with E-state index in [1.165, 1.54) is 11.3 Å². The molecule has 5 nitrogen and oxygen atoms in total. The van der Waals surface area contributed by atoms with Crippen LogP contribution in [0.25, 0.3) is 0 Å². The second-order valence-electron chi connectivity index (χ2n) is 2.98. The average Bonchev–Trinajstić information content (AvgIpc) is 2.48. The molecule has 0 aliphatic heterocycles. The number of nitrogens with one attached hydrogen (secondary N) is 2. The highest BCUT2D eigenvalue weighted by Crippen LogP contribution is 2.13. The molecular formula is C8H13N3O2S. The summed E-state index contributed by atoms with van der Waals surface area (Å²) in [6.07, 6.45) is -0.543. The number of amides is 2. The van der Waals surface area contributed by atoms with Crippen molar-refractivity contribution >= 4 is 22.5 Å². The van der Waals surface area contributed by atoms with Crippen molar-refractivity contribution in [1.82, 2.24) is 10.3 Å². The molecule has 2 amide bonds. The Labute approximate surface area is 86.2 Å². The summed E-state index contributed by atoms with van der Waals surface area (Å²) in [4.78, 5) is 15.2. The van der Waals surface area contributed by atoms with Crippen LogP contribution in [0.15, 0.2) is 5.38 Å². The van der Waals surface area contributed by atoms with Gasteiger partial charge in [-0.2, -0.15) is 0 Å². The fraction of sp³-hybridized carbons (Fsp3) is 0.500. The predicted molar refractivity (Wildman–Crippen MR) is 55.6 cm³/mol. The maximum atomic E-state index is 11.2. The van der Waals surface area contributed by atoms with E-state index in [0.717, 1.165) is 5.69 Å². The second-order valence-corrected chi connectivity index (χ2v) is 3.84. The van der Waals surface area contributed by atoms with Crippen molar-refractivity contribution in [3.05, 3.63) is 11.1 Å². The van der Waals surface area contributed by atoms with Crippen LogP contribution in [0.4, 0.5) is 9.93 Å². The van der Waals surface area contributed by atoms with Crippen molar-refractivity contribution in [2.24, 2.45) is 0 Å². The maximum absolute atomic E-state index is 11.2. The average molecular weight is 215 g/mol. The van der Waals surface area contributed by atoms with Gasteiger partial charge in [-0.25, -0.2) is 9.78 Å². The minimum atomic E-state index is -0.543. The van der Waals surface area contributed by atoms with Gasteiger partial charge in [0.2, 0.25) is 0 Å². The zero-order valence-electron chi connectivity index (χ0n) is 8.07. The third kappa shape index (κ3) is 3.71. The lowest BCUT2D eigenvalue weighted by Crippen LogP contribution is -2.34. The number of urea groups is 1. The number of hydrogen-bond acceptors (Lipinski definition) is 4. The van der Waals surface area contributed by atoms with Gasteiger partial charge in [0.15, 0.2) is 5.13 Å². The number of aryl methyl sites for hydroxylation is 1. The van der Waals surface area contributed by atoms with Gasteiger partial charge in [0, 0.05) is 11.9 Å². The Morgan fingerprint density at radius 3 is 3.00 bits per heavy atom. The van der Waals surface area contributed by atoms with E-state index in [-0.39, 0.29) is 12.6 Å². The summed E-state index contributed by atoms with van der Waals surface area (Å²) in [6.45, 7) is 3.69. The van der Waals surface area contributed by atoms with E-state index in [4.69, 9.17) is 5.11 Å². The summed E-state index contributed by atoms with van der Waals surface area (Å²) in [6, 6.07) is -0.347. The molecular weight excluding hydrogens is 202 g/mol. The number of anilines is 1. The first-order valence-electron chi connectivity index (χ1n) is 4.23. The van der Waals surface area contributed by atoms with Crippen LogP contribution in [0.2, 0.25) is 0 Å². The highest BCUT2D eigenvalue weighted by Gasteiger charge is 2.04. The van der Waals surface area contributed by atoms with Gasteiger partial charge in [-0.3, -0.25) is 5.32 Å². The van der Waals surface area contributed by atoms with Gasteiger partial charge in [0.25, 0.3) is 0 Å². The van der Waals surface area contributed by atoms with Crippen molar-refractivity contribution in [2.75, 3.05) is 11.9 Å². The number of nitrogens with zero attached hydrogens (tertiary/aromatic N) is 1. The van der Waals surface area contributed by atoms with E-state index in [2.05, 4.69) is 15.6 Å². The number of carbonyl (C=O) groups is 1. The van der Waals surface area contributed by atoms with E-state index in [1.54, 1.807) is 6.92 Å². The van der Waals surface area contributed by atoms with Crippen LogP contribution in [0.3, 0.4) is 0 Å². The topological polar surface area (TPSA) is 74.2 Å². The molecule has 0 aliphatic rings. The molecule has 0 radical (unpaired) electrons. The Balaban J connectivity index is 2.34. The molecule has 1 aromatic heterocycles. The van der Waals surface area contributed by atoms with Crippen molar-refractivity contribution < 1.29 is 9.90 Å². The first kappa shape index (κ1) is 10.9. The van der Waals surface area contributed by atoms with Crippen molar-refractivity contribution in [3.63, 3.8) is 0 Å². The van der Waals surface area contributed by atoms with E-state index in [0.29, 0.717) is 5.13 Å². The Kier molecular flexibility index (Phi) is 3.84. The maximum Gasteiger partial charge on any atom is 0.321 e. The molecule has 78 valence electrons. The molecule has 0 aromatic carbocycles. The van der Waals surface area contributed by atoms with E-state index >= 15 is 0 Å². The first-order chi connectivity index (χ1) is 6.58. The molecule has 6 heteroatoms. The number of aliphatic hydroxyl groups excluding tert-OH is 1. The molecule has 3 N–H and O–H groups in total. The molecule has 0 saturated heterocycles. The second kappa shape index (κ2) is 4.92. The summed E-state index contributed by atoms with van der Waals surface area (Å²) in [5.74, 6) is 0. The van der Waals surface area contributed by atoms with Gasteiger partial charge in [-0.1, -0.05) is 0 Å². The molecule has 0 fully saturated rings. The predicted octanol–water partition coefficient (Wildman–Crippen LogP) is 0.954. The lowest BCUT2D eigenvalue weighted by Gasteiger charge is -2.06. The van der Waals surface area contributed by atoms with Crippen molar-refractivity contribution in [3.8, 4) is 0 Å². The van der Waals surface area contributed by atoms with Crippen molar-refractivity contribution in [1.29, 1.82) is 0 Å². The zero-order chi connectivity index (χ0) is 10.6. The SMILES string of the molecule is Cc1csc(NC(=O)NCC(C)O)n1. The van der Waals surface area contributed by atoms with Gasteiger partial charge in [0.1, 0.15) is 0 Å². The number of thiazole rings is 1. The van der Waals surface area contributed by atoms with Crippen LogP contribution < -0.4 is 10.6 Å². The minimum Gasteiger partial charge on any atom is -0.392 e. The van der Waals surface area contributed by atoms with Crippen LogP contribution in [-0.2, 0) is 0 Å². The third-order valence-corrected chi connectivity index (χ3v) is 2.27. The molecule has 1 rings (SSSR count). The molecule has 1 unspecified atom stereocenters. The van der Waals surface area contributed by atoms with Gasteiger partial charge in [-0.15, -0.1) is 11.3 Å². The summed E-state index contributed by atoms with van der Waals surface area (Å²) in [5.41, 5.74) is 0.876. The Hall–Kier alpha value is -1.14. The number of rotatable bonds is 3. The first-order valence-corrected chi connectivity index (χ1v) is 5.11. The van der Waals surface area contributed by atoms with E-state index in [9.17, 15) is 4.79 Å². The third-order valence-electron chi connectivity index (χ3n) is 1.40. The Morgan fingerprint density at radius 1 is 1.79 bits per heavy atom. The monoisotopic (exact) mass is 215 g/mol. The molecule has 0 bridgehead atoms. The zero-order valence-corrected chi connectivity index (χ0v) is 8.89. The highest BCUT2D eigenvalue weighted by molar-refractivity contribution is 7.13. The van der Waals surface area contributed by atoms with Crippen LogP contribution >= 0.6 is 11.3 Å². The summed E-state index contributed by atoms with van der Waals surface area (Å²) < 4.78 is 0. The molecule has 1 atom stereocenters. The fourth-order valence-electron chi connectivity index (χ4n) is 0.793. The van der Waals surface area contributed by atoms with Crippen LogP contribution in [-0.4, -0.2) is 28.8 Å². The standard InChI is InChI=1S/C8H13N3O2S/c1-5-4-14-8(10-5)11-7(13)9-3-6(2)12/h4,6,12H,3H2,1-2H3,(H2,9,10,11,13).